The Morgan fingerprint density at radius 3 is 1.88 bits per heavy atom. The number of likely N-dealkylation sites (N-methyl/N-ethyl adjacent to an activating group) is 1. The average Bonchev–Trinajstić information content (AvgIpc) is 2.79. The van der Waals surface area contributed by atoms with Crippen molar-refractivity contribution in [1.29, 1.82) is 0 Å². The van der Waals surface area contributed by atoms with Crippen molar-refractivity contribution in [1.82, 2.24) is 0 Å². The minimum Gasteiger partial charge on any atom is -0.539 e. The smallest absolute Gasteiger partial charge is 0.351 e. The van der Waals surface area contributed by atoms with Crippen LogP contribution >= 0.6 is 0 Å². The highest BCUT2D eigenvalue weighted by molar-refractivity contribution is 6.26. The van der Waals surface area contributed by atoms with Crippen molar-refractivity contribution in [3.05, 3.63) is 71.8 Å². The summed E-state index contributed by atoms with van der Waals surface area (Å²) in [6.45, 7) is 8.69. The lowest BCUT2D eigenvalue weighted by Crippen LogP contribution is -3.10. The van der Waals surface area contributed by atoms with Crippen LogP contribution in [0.5, 0.6) is 0 Å². The highest BCUT2D eigenvalue weighted by Gasteiger charge is 2.17. The van der Waals surface area contributed by atoms with Gasteiger partial charge in [0.15, 0.2) is 5.97 Å². The average molecular weight is 476 g/mol. The third-order valence-electron chi connectivity index (χ3n) is 4.70. The van der Waals surface area contributed by atoms with Crippen LogP contribution in [-0.4, -0.2) is 67.2 Å². The van der Waals surface area contributed by atoms with Gasteiger partial charge in [0.2, 0.25) is 0 Å². The van der Waals surface area contributed by atoms with Gasteiger partial charge in [-0.1, -0.05) is 60.7 Å². The zero-order chi connectivity index (χ0) is 25.6. The Balaban J connectivity index is 0.000000852. The minimum absolute atomic E-state index is 0.0477. The van der Waals surface area contributed by atoms with Crippen LogP contribution in [0.4, 0.5) is 0 Å². The third kappa shape index (κ3) is 13.1. The molecule has 0 radical (unpaired) electrons. The molecule has 0 aliphatic heterocycles. The number of hydrogen-bond donors (Lipinski definition) is 3. The van der Waals surface area contributed by atoms with E-state index in [4.69, 9.17) is 29.3 Å². The maximum Gasteiger partial charge on any atom is 0.351 e. The summed E-state index contributed by atoms with van der Waals surface area (Å²) in [4.78, 5) is 19.3. The summed E-state index contributed by atoms with van der Waals surface area (Å²) in [5.41, 5.74) is 2.13. The van der Waals surface area contributed by atoms with E-state index in [1.54, 1.807) is 0 Å². The molecule has 0 heterocycles. The van der Waals surface area contributed by atoms with Gasteiger partial charge in [0.25, 0.3) is 0 Å². The van der Waals surface area contributed by atoms with Gasteiger partial charge in [-0.15, -0.1) is 0 Å². The van der Waals surface area contributed by atoms with Crippen molar-refractivity contribution in [2.24, 2.45) is 0 Å². The Morgan fingerprint density at radius 1 is 1.00 bits per heavy atom. The van der Waals surface area contributed by atoms with Crippen LogP contribution in [-0.2, 0) is 19.1 Å². The lowest BCUT2D eigenvalue weighted by atomic mass is 10.0. The Morgan fingerprint density at radius 2 is 1.47 bits per heavy atom. The van der Waals surface area contributed by atoms with E-state index in [-0.39, 0.29) is 11.7 Å². The van der Waals surface area contributed by atoms with Crippen LogP contribution in [0.25, 0.3) is 0 Å². The molecule has 0 bridgehead atoms. The fourth-order valence-corrected chi connectivity index (χ4v) is 3.13. The predicted octanol–water partition coefficient (Wildman–Crippen LogP) is 0.694. The number of ether oxygens (including phenoxy) is 2. The molecule has 0 aliphatic rings. The fraction of sp³-hybridized carbons (Fsp3) is 0.462. The Kier molecular flexibility index (Phi) is 13.1. The number of quaternary nitrogens is 1. The van der Waals surface area contributed by atoms with Crippen LogP contribution in [0, 0.1) is 0 Å². The summed E-state index contributed by atoms with van der Waals surface area (Å²) < 4.78 is 11.9. The van der Waals surface area contributed by atoms with Gasteiger partial charge in [-0.3, -0.25) is 0 Å². The molecule has 2 unspecified atom stereocenters. The van der Waals surface area contributed by atoms with E-state index in [1.165, 1.54) is 16.0 Å². The summed E-state index contributed by atoms with van der Waals surface area (Å²) in [7, 11) is 2.10. The van der Waals surface area contributed by atoms with Crippen molar-refractivity contribution >= 4 is 11.9 Å². The first-order valence-corrected chi connectivity index (χ1v) is 11.3. The van der Waals surface area contributed by atoms with Crippen molar-refractivity contribution in [2.75, 3.05) is 33.4 Å². The quantitative estimate of drug-likeness (QED) is 0.323. The molecular weight excluding hydrogens is 438 g/mol. The van der Waals surface area contributed by atoms with E-state index < -0.39 is 18.0 Å². The second-order valence-electron chi connectivity index (χ2n) is 9.01. The molecule has 188 valence electrons. The van der Waals surface area contributed by atoms with Gasteiger partial charge in [0.1, 0.15) is 18.8 Å². The lowest BCUT2D eigenvalue weighted by molar-refractivity contribution is -0.883. The van der Waals surface area contributed by atoms with Crippen LogP contribution < -0.4 is 10.0 Å². The molecule has 0 saturated heterocycles. The summed E-state index contributed by atoms with van der Waals surface area (Å²) in [5, 5.41) is 26.5. The summed E-state index contributed by atoms with van der Waals surface area (Å²) in [6, 6.07) is 20.7. The molecule has 8 nitrogen and oxygen atoms in total. The number of carboxylic acid groups (broad SMARTS) is 2. The van der Waals surface area contributed by atoms with E-state index in [0.29, 0.717) is 19.8 Å². The fourth-order valence-electron chi connectivity index (χ4n) is 3.13. The summed E-state index contributed by atoms with van der Waals surface area (Å²) in [6.07, 6.45) is 0.449. The monoisotopic (exact) mass is 475 g/mol. The number of hydrogen-bond acceptors (Lipinski definition) is 6. The van der Waals surface area contributed by atoms with E-state index >= 15 is 0 Å². The number of aliphatic carboxylic acids is 2. The molecule has 8 heteroatoms. The standard InChI is InChI=1S/C24H35NO3.C2H2O4/c1-24(2,3)28-19-22(26)18-25(4)16-11-17-27-23(20-12-7-5-8-13-20)21-14-9-6-10-15-21;3-1(4)2(5)6/h5-10,12-15,22-23,26H,11,16-19H2,1-4H3;(H,3,4)(H,5,6). The van der Waals surface area contributed by atoms with Gasteiger partial charge >= 0.3 is 5.97 Å². The number of rotatable bonds is 11. The topological polar surface area (TPSA) is 121 Å². The number of benzene rings is 2. The molecule has 2 atom stereocenters. The van der Waals surface area contributed by atoms with E-state index in [0.717, 1.165) is 13.0 Å². The first-order chi connectivity index (χ1) is 16.0. The molecule has 0 spiro atoms. The van der Waals surface area contributed by atoms with Crippen LogP contribution in [0.1, 0.15) is 44.4 Å². The number of nitrogens with one attached hydrogen (secondary N) is 1. The summed E-state index contributed by atoms with van der Waals surface area (Å²) in [5.74, 6) is -4.01. The highest BCUT2D eigenvalue weighted by atomic mass is 16.5. The molecule has 0 aromatic heterocycles. The molecule has 2 aromatic carbocycles. The molecule has 3 N–H and O–H groups in total. The van der Waals surface area contributed by atoms with Crippen molar-refractivity contribution < 1.29 is 39.3 Å². The number of aliphatic hydroxyl groups is 1. The first kappa shape index (κ1) is 29.3. The number of carboxylic acids is 2. The van der Waals surface area contributed by atoms with Gasteiger partial charge < -0.3 is 34.5 Å². The maximum atomic E-state index is 10.1. The Labute approximate surface area is 201 Å². The second-order valence-corrected chi connectivity index (χ2v) is 9.01. The molecule has 0 aliphatic carbocycles. The SMILES string of the molecule is C[NH+](CCCOC(c1ccccc1)c1ccccc1)CC(O)COC(C)(C)C.O=C([O-])C(=O)O. The molecule has 34 heavy (non-hydrogen) atoms. The minimum atomic E-state index is -2.07. The maximum absolute atomic E-state index is 10.1. The normalized spacial score (nSPS) is 13.0. The number of carbonyl (C=O) groups excluding carboxylic acids is 1. The zero-order valence-corrected chi connectivity index (χ0v) is 20.4. The largest absolute Gasteiger partial charge is 0.539 e. The molecule has 0 saturated carbocycles. The van der Waals surface area contributed by atoms with E-state index in [1.807, 2.05) is 57.2 Å². The lowest BCUT2D eigenvalue weighted by Gasteiger charge is -2.24. The van der Waals surface area contributed by atoms with E-state index in [2.05, 4.69) is 31.3 Å². The van der Waals surface area contributed by atoms with Gasteiger partial charge in [0.05, 0.1) is 32.4 Å². The van der Waals surface area contributed by atoms with Crippen molar-refractivity contribution in [3.8, 4) is 0 Å². The Bertz CT molecular complexity index is 786. The Hall–Kier alpha value is -2.78. The summed E-state index contributed by atoms with van der Waals surface area (Å²) >= 11 is 0. The van der Waals surface area contributed by atoms with Gasteiger partial charge in [-0.2, -0.15) is 0 Å². The van der Waals surface area contributed by atoms with Crippen LogP contribution in [0.2, 0.25) is 0 Å². The molecule has 2 rings (SSSR count). The zero-order valence-electron chi connectivity index (χ0n) is 20.4. The van der Waals surface area contributed by atoms with Gasteiger partial charge in [-0.05, 0) is 31.9 Å². The molecular formula is C26H37NO7. The first-order valence-electron chi connectivity index (χ1n) is 11.3. The van der Waals surface area contributed by atoms with Crippen molar-refractivity contribution in [3.63, 3.8) is 0 Å². The van der Waals surface area contributed by atoms with Crippen LogP contribution in [0.3, 0.4) is 0 Å². The molecule has 2 aromatic rings. The van der Waals surface area contributed by atoms with Gasteiger partial charge in [-0.25, -0.2) is 4.79 Å². The van der Waals surface area contributed by atoms with Gasteiger partial charge in [0, 0.05) is 6.42 Å². The predicted molar refractivity (Wildman–Crippen MR) is 126 cm³/mol. The van der Waals surface area contributed by atoms with Crippen molar-refractivity contribution in [2.45, 2.75) is 45.0 Å². The molecule has 0 fully saturated rings. The second kappa shape index (κ2) is 15.2. The highest BCUT2D eigenvalue weighted by Crippen LogP contribution is 2.25. The molecule has 0 amide bonds. The van der Waals surface area contributed by atoms with Crippen LogP contribution in [0.15, 0.2) is 60.7 Å². The number of aliphatic hydroxyl groups excluding tert-OH is 1. The third-order valence-corrected chi connectivity index (χ3v) is 4.70. The number of carbonyl (C=O) groups is 2. The van der Waals surface area contributed by atoms with E-state index in [9.17, 15) is 5.11 Å².